The van der Waals surface area contributed by atoms with Crippen molar-refractivity contribution in [2.45, 2.75) is 38.5 Å². The largest absolute Gasteiger partial charge is 0.491 e. The van der Waals surface area contributed by atoms with Crippen molar-refractivity contribution in [3.63, 3.8) is 0 Å². The maximum Gasteiger partial charge on any atom is 0.255 e. The minimum atomic E-state index is -3.54. The van der Waals surface area contributed by atoms with E-state index >= 15 is 0 Å². The van der Waals surface area contributed by atoms with Crippen molar-refractivity contribution in [2.24, 2.45) is 0 Å². The first-order chi connectivity index (χ1) is 14.9. The molecule has 0 atom stereocenters. The van der Waals surface area contributed by atoms with Crippen molar-refractivity contribution in [3.05, 3.63) is 54.1 Å². The standard InChI is InChI=1S/C23H32N2O5S/c1-4-15-25(16-5-2)31(27,28)22-13-9-20(10-14-22)24-23(26)19-7-11-21(12-8-19)30-18-17-29-6-3/h7-14H,4-6,15-18H2,1-3H3,(H,24,26). The maximum atomic E-state index is 12.8. The number of nitrogens with one attached hydrogen (secondary N) is 1. The van der Waals surface area contributed by atoms with Crippen LogP contribution in [0, 0.1) is 0 Å². The molecule has 0 fully saturated rings. The van der Waals surface area contributed by atoms with Crippen molar-refractivity contribution in [3.8, 4) is 5.75 Å². The molecule has 0 radical (unpaired) electrons. The lowest BCUT2D eigenvalue weighted by atomic mass is 10.2. The molecule has 0 bridgehead atoms. The quantitative estimate of drug-likeness (QED) is 0.465. The highest BCUT2D eigenvalue weighted by Crippen LogP contribution is 2.20. The van der Waals surface area contributed by atoms with E-state index in [0.717, 1.165) is 12.8 Å². The minimum absolute atomic E-state index is 0.223. The summed E-state index contributed by atoms with van der Waals surface area (Å²) in [6, 6.07) is 13.1. The Morgan fingerprint density at radius 2 is 1.52 bits per heavy atom. The van der Waals surface area contributed by atoms with E-state index in [4.69, 9.17) is 9.47 Å². The van der Waals surface area contributed by atoms with Crippen LogP contribution in [0.3, 0.4) is 0 Å². The van der Waals surface area contributed by atoms with Gasteiger partial charge in [-0.05, 0) is 68.3 Å². The number of anilines is 1. The van der Waals surface area contributed by atoms with Gasteiger partial charge in [0.25, 0.3) is 5.91 Å². The maximum absolute atomic E-state index is 12.8. The van der Waals surface area contributed by atoms with E-state index in [2.05, 4.69) is 5.32 Å². The molecule has 0 heterocycles. The number of carbonyl (C=O) groups is 1. The molecule has 0 aromatic heterocycles. The van der Waals surface area contributed by atoms with Crippen LogP contribution in [-0.4, -0.2) is 51.5 Å². The van der Waals surface area contributed by atoms with Gasteiger partial charge in [0.2, 0.25) is 10.0 Å². The van der Waals surface area contributed by atoms with E-state index in [0.29, 0.717) is 49.9 Å². The number of rotatable bonds is 13. The SMILES string of the molecule is CCCN(CCC)S(=O)(=O)c1ccc(NC(=O)c2ccc(OCCOCC)cc2)cc1. The molecular weight excluding hydrogens is 416 g/mol. The van der Waals surface area contributed by atoms with Crippen LogP contribution < -0.4 is 10.1 Å². The van der Waals surface area contributed by atoms with E-state index in [1.54, 1.807) is 36.4 Å². The van der Waals surface area contributed by atoms with Gasteiger partial charge in [-0.3, -0.25) is 4.79 Å². The summed E-state index contributed by atoms with van der Waals surface area (Å²) < 4.78 is 37.9. The van der Waals surface area contributed by atoms with Crippen LogP contribution in [0.1, 0.15) is 44.0 Å². The average molecular weight is 449 g/mol. The number of hydrogen-bond donors (Lipinski definition) is 1. The molecular formula is C23H32N2O5S. The van der Waals surface area contributed by atoms with Crippen LogP contribution in [0.5, 0.6) is 5.75 Å². The summed E-state index contributed by atoms with van der Waals surface area (Å²) in [7, 11) is -3.54. The summed E-state index contributed by atoms with van der Waals surface area (Å²) in [4.78, 5) is 12.7. The predicted molar refractivity (Wildman–Crippen MR) is 122 cm³/mol. The second-order valence-electron chi connectivity index (χ2n) is 6.95. The number of benzene rings is 2. The Balaban J connectivity index is 2.00. The average Bonchev–Trinajstić information content (AvgIpc) is 2.77. The fraction of sp³-hybridized carbons (Fsp3) is 0.435. The molecule has 170 valence electrons. The molecule has 0 aliphatic carbocycles. The Bertz CT molecular complexity index is 906. The first kappa shape index (κ1) is 24.8. The highest BCUT2D eigenvalue weighted by atomic mass is 32.2. The number of hydrogen-bond acceptors (Lipinski definition) is 5. The van der Waals surface area contributed by atoms with E-state index in [1.165, 1.54) is 16.4 Å². The second-order valence-corrected chi connectivity index (χ2v) is 8.89. The molecule has 8 heteroatoms. The summed E-state index contributed by atoms with van der Waals surface area (Å²) in [5.41, 5.74) is 1.00. The third kappa shape index (κ3) is 7.34. The van der Waals surface area contributed by atoms with Gasteiger partial charge in [0.1, 0.15) is 12.4 Å². The molecule has 2 aromatic carbocycles. The highest BCUT2D eigenvalue weighted by Gasteiger charge is 2.22. The third-order valence-corrected chi connectivity index (χ3v) is 6.43. The first-order valence-corrected chi connectivity index (χ1v) is 12.1. The summed E-state index contributed by atoms with van der Waals surface area (Å²) >= 11 is 0. The van der Waals surface area contributed by atoms with Crippen molar-refractivity contribution < 1.29 is 22.7 Å². The fourth-order valence-corrected chi connectivity index (χ4v) is 4.60. The molecule has 0 saturated heterocycles. The predicted octanol–water partition coefficient (Wildman–Crippen LogP) is 4.16. The zero-order chi connectivity index (χ0) is 22.7. The third-order valence-electron chi connectivity index (χ3n) is 4.51. The number of carbonyl (C=O) groups excluding carboxylic acids is 1. The van der Waals surface area contributed by atoms with Crippen molar-refractivity contribution in [2.75, 3.05) is 38.2 Å². The molecule has 1 amide bonds. The van der Waals surface area contributed by atoms with Gasteiger partial charge < -0.3 is 14.8 Å². The lowest BCUT2D eigenvalue weighted by molar-refractivity contribution is 0.102. The van der Waals surface area contributed by atoms with E-state index in [9.17, 15) is 13.2 Å². The molecule has 1 N–H and O–H groups in total. The molecule has 0 unspecified atom stereocenters. The lowest BCUT2D eigenvalue weighted by Crippen LogP contribution is -2.32. The smallest absolute Gasteiger partial charge is 0.255 e. The molecule has 31 heavy (non-hydrogen) atoms. The first-order valence-electron chi connectivity index (χ1n) is 10.6. The zero-order valence-corrected chi connectivity index (χ0v) is 19.3. The second kappa shape index (κ2) is 12.4. The van der Waals surface area contributed by atoms with Gasteiger partial charge in [-0.15, -0.1) is 0 Å². The van der Waals surface area contributed by atoms with Gasteiger partial charge in [0.05, 0.1) is 11.5 Å². The van der Waals surface area contributed by atoms with Crippen molar-refractivity contribution >= 4 is 21.6 Å². The van der Waals surface area contributed by atoms with Crippen LogP contribution in [0.15, 0.2) is 53.4 Å². The normalized spacial score (nSPS) is 11.5. The fourth-order valence-electron chi connectivity index (χ4n) is 2.98. The lowest BCUT2D eigenvalue weighted by Gasteiger charge is -2.21. The van der Waals surface area contributed by atoms with Crippen molar-refractivity contribution in [1.29, 1.82) is 0 Å². The Hall–Kier alpha value is -2.42. The summed E-state index contributed by atoms with van der Waals surface area (Å²) in [5.74, 6) is 0.379. The molecule has 0 spiro atoms. The molecule has 2 aromatic rings. The van der Waals surface area contributed by atoms with Gasteiger partial charge in [-0.1, -0.05) is 13.8 Å². The van der Waals surface area contributed by atoms with E-state index < -0.39 is 10.0 Å². The summed E-state index contributed by atoms with van der Waals surface area (Å²) in [6.07, 6.45) is 1.51. The van der Waals surface area contributed by atoms with Gasteiger partial charge >= 0.3 is 0 Å². The minimum Gasteiger partial charge on any atom is -0.491 e. The number of sulfonamides is 1. The Morgan fingerprint density at radius 3 is 2.06 bits per heavy atom. The molecule has 0 saturated carbocycles. The Labute approximate surface area is 185 Å². The molecule has 0 aliphatic rings. The van der Waals surface area contributed by atoms with Crippen molar-refractivity contribution in [1.82, 2.24) is 4.31 Å². The van der Waals surface area contributed by atoms with E-state index in [1.807, 2.05) is 20.8 Å². The number of ether oxygens (including phenoxy) is 2. The van der Waals surface area contributed by atoms with Crippen LogP contribution in [0.2, 0.25) is 0 Å². The van der Waals surface area contributed by atoms with Crippen LogP contribution >= 0.6 is 0 Å². The summed E-state index contributed by atoms with van der Waals surface area (Å²) in [6.45, 7) is 8.41. The van der Waals surface area contributed by atoms with Gasteiger partial charge in [-0.25, -0.2) is 8.42 Å². The molecule has 2 rings (SSSR count). The topological polar surface area (TPSA) is 84.9 Å². The van der Waals surface area contributed by atoms with Crippen LogP contribution in [0.4, 0.5) is 5.69 Å². The Morgan fingerprint density at radius 1 is 0.903 bits per heavy atom. The monoisotopic (exact) mass is 448 g/mol. The van der Waals surface area contributed by atoms with Crippen LogP contribution in [-0.2, 0) is 14.8 Å². The van der Waals surface area contributed by atoms with Gasteiger partial charge in [0.15, 0.2) is 0 Å². The zero-order valence-electron chi connectivity index (χ0n) is 18.5. The number of amides is 1. The van der Waals surface area contributed by atoms with Gasteiger partial charge in [0, 0.05) is 30.9 Å². The number of nitrogens with zero attached hydrogens (tertiary/aromatic N) is 1. The summed E-state index contributed by atoms with van der Waals surface area (Å²) in [5, 5.41) is 2.79. The van der Waals surface area contributed by atoms with Crippen LogP contribution in [0.25, 0.3) is 0 Å². The van der Waals surface area contributed by atoms with E-state index in [-0.39, 0.29) is 10.8 Å². The molecule has 0 aliphatic heterocycles. The van der Waals surface area contributed by atoms with Gasteiger partial charge in [-0.2, -0.15) is 4.31 Å². The Kier molecular flexibility index (Phi) is 9.97. The highest BCUT2D eigenvalue weighted by molar-refractivity contribution is 7.89. The molecule has 7 nitrogen and oxygen atoms in total.